The van der Waals surface area contributed by atoms with Gasteiger partial charge in [0, 0.05) is 30.7 Å². The van der Waals surface area contributed by atoms with Gasteiger partial charge >= 0.3 is 0 Å². The van der Waals surface area contributed by atoms with Crippen molar-refractivity contribution in [1.29, 1.82) is 0 Å². The second-order valence-corrected chi connectivity index (χ2v) is 6.68. The fraction of sp³-hybridized carbons (Fsp3) is 0.647. The first-order chi connectivity index (χ1) is 9.99. The van der Waals surface area contributed by atoms with Crippen LogP contribution in [-0.2, 0) is 4.74 Å². The van der Waals surface area contributed by atoms with E-state index in [9.17, 15) is 0 Å². The van der Waals surface area contributed by atoms with Gasteiger partial charge in [0.05, 0.1) is 12.3 Å². The van der Waals surface area contributed by atoms with E-state index in [1.54, 1.807) is 7.11 Å². The lowest BCUT2D eigenvalue weighted by Gasteiger charge is -2.28. The largest absolute Gasteiger partial charge is 0.383 e. The zero-order chi connectivity index (χ0) is 15.8. The normalized spacial score (nSPS) is 12.7. The lowest BCUT2D eigenvalue weighted by atomic mass is 10.1. The van der Waals surface area contributed by atoms with E-state index in [1.165, 1.54) is 11.3 Å². The lowest BCUT2D eigenvalue weighted by Crippen LogP contribution is -2.31. The van der Waals surface area contributed by atoms with Gasteiger partial charge in [-0.15, -0.1) is 0 Å². The number of nitrogens with one attached hydrogen (secondary N) is 1. The maximum atomic E-state index is 5.24. The zero-order valence-electron chi connectivity index (χ0n) is 13.9. The molecule has 0 radical (unpaired) electrons. The molecule has 21 heavy (non-hydrogen) atoms. The van der Waals surface area contributed by atoms with E-state index in [0.717, 1.165) is 30.7 Å². The molecule has 1 aromatic rings. The van der Waals surface area contributed by atoms with Crippen LogP contribution in [0.25, 0.3) is 0 Å². The van der Waals surface area contributed by atoms with Crippen molar-refractivity contribution in [2.45, 2.75) is 33.7 Å². The van der Waals surface area contributed by atoms with E-state index < -0.39 is 0 Å². The first-order valence-electron chi connectivity index (χ1n) is 7.76. The van der Waals surface area contributed by atoms with Crippen molar-refractivity contribution in [3.63, 3.8) is 0 Å². The fourth-order valence-electron chi connectivity index (χ4n) is 2.43. The van der Waals surface area contributed by atoms with Crippen molar-refractivity contribution >= 4 is 21.6 Å². The van der Waals surface area contributed by atoms with Crippen LogP contribution in [0.15, 0.2) is 22.7 Å². The average Bonchev–Trinajstić information content (AvgIpc) is 2.43. The summed E-state index contributed by atoms with van der Waals surface area (Å²) in [6.45, 7) is 12.5. The van der Waals surface area contributed by atoms with Crippen molar-refractivity contribution in [2.75, 3.05) is 38.3 Å². The highest BCUT2D eigenvalue weighted by atomic mass is 79.9. The maximum Gasteiger partial charge on any atom is 0.0637 e. The molecule has 0 saturated heterocycles. The SMILES string of the molecule is CCNC(C)c1ccc(N(CCOC)CC(C)C)c(Br)c1. The van der Waals surface area contributed by atoms with Gasteiger partial charge in [0.15, 0.2) is 0 Å². The third kappa shape index (κ3) is 5.97. The Morgan fingerprint density at radius 1 is 1.29 bits per heavy atom. The van der Waals surface area contributed by atoms with E-state index in [2.05, 4.69) is 72.0 Å². The molecule has 0 amide bonds. The summed E-state index contributed by atoms with van der Waals surface area (Å²) >= 11 is 3.74. The predicted octanol–water partition coefficient (Wildman–Crippen LogP) is 4.23. The van der Waals surface area contributed by atoms with Gasteiger partial charge in [-0.1, -0.05) is 26.8 Å². The van der Waals surface area contributed by atoms with Gasteiger partial charge in [0.25, 0.3) is 0 Å². The molecular formula is C17H29BrN2O. The van der Waals surface area contributed by atoms with Crippen LogP contribution in [0.3, 0.4) is 0 Å². The Morgan fingerprint density at radius 3 is 2.52 bits per heavy atom. The predicted molar refractivity (Wildman–Crippen MR) is 95.2 cm³/mol. The Morgan fingerprint density at radius 2 is 2.00 bits per heavy atom. The monoisotopic (exact) mass is 356 g/mol. The quantitative estimate of drug-likeness (QED) is 0.716. The Labute approximate surface area is 138 Å². The molecule has 4 heteroatoms. The number of methoxy groups -OCH3 is 1. The average molecular weight is 357 g/mol. The van der Waals surface area contributed by atoms with E-state index in [0.29, 0.717) is 12.0 Å². The molecule has 1 atom stereocenters. The van der Waals surface area contributed by atoms with Crippen LogP contribution in [0.1, 0.15) is 39.3 Å². The van der Waals surface area contributed by atoms with Crippen molar-refractivity contribution in [3.8, 4) is 0 Å². The molecule has 0 spiro atoms. The molecule has 3 nitrogen and oxygen atoms in total. The first-order valence-corrected chi connectivity index (χ1v) is 8.55. The van der Waals surface area contributed by atoms with Gasteiger partial charge in [-0.2, -0.15) is 0 Å². The van der Waals surface area contributed by atoms with Crippen LogP contribution in [-0.4, -0.2) is 33.4 Å². The molecule has 0 fully saturated rings. The zero-order valence-corrected chi connectivity index (χ0v) is 15.5. The number of nitrogens with zero attached hydrogens (tertiary/aromatic N) is 1. The van der Waals surface area contributed by atoms with Crippen LogP contribution in [0.4, 0.5) is 5.69 Å². The summed E-state index contributed by atoms with van der Waals surface area (Å²) in [6, 6.07) is 7.03. The minimum absolute atomic E-state index is 0.373. The lowest BCUT2D eigenvalue weighted by molar-refractivity contribution is 0.204. The Hall–Kier alpha value is -0.580. The van der Waals surface area contributed by atoms with Gasteiger partial charge < -0.3 is 15.0 Å². The summed E-state index contributed by atoms with van der Waals surface area (Å²) in [4.78, 5) is 2.39. The van der Waals surface area contributed by atoms with Gasteiger partial charge in [-0.05, 0) is 53.0 Å². The topological polar surface area (TPSA) is 24.5 Å². The number of rotatable bonds is 9. The summed E-state index contributed by atoms with van der Waals surface area (Å²) < 4.78 is 6.40. The van der Waals surface area contributed by atoms with E-state index in [4.69, 9.17) is 4.74 Å². The standard InChI is InChI=1S/C17H29BrN2O/c1-6-19-14(4)15-7-8-17(16(18)11-15)20(9-10-21-5)12-13(2)3/h7-8,11,13-14,19H,6,9-10,12H2,1-5H3. The smallest absolute Gasteiger partial charge is 0.0637 e. The van der Waals surface area contributed by atoms with Crippen LogP contribution < -0.4 is 10.2 Å². The maximum absolute atomic E-state index is 5.24. The van der Waals surface area contributed by atoms with Crippen molar-refractivity contribution in [2.24, 2.45) is 5.92 Å². The van der Waals surface area contributed by atoms with Crippen molar-refractivity contribution in [1.82, 2.24) is 5.32 Å². The Bertz CT molecular complexity index is 423. The Kier molecular flexibility index (Phi) is 8.30. The number of hydrogen-bond donors (Lipinski definition) is 1. The summed E-state index contributed by atoms with van der Waals surface area (Å²) in [7, 11) is 1.75. The Balaban J connectivity index is 2.92. The highest BCUT2D eigenvalue weighted by Gasteiger charge is 2.13. The van der Waals surface area contributed by atoms with Crippen LogP contribution in [0, 0.1) is 5.92 Å². The summed E-state index contributed by atoms with van der Waals surface area (Å²) in [5, 5.41) is 3.45. The van der Waals surface area contributed by atoms with Crippen molar-refractivity contribution < 1.29 is 4.74 Å². The molecule has 1 unspecified atom stereocenters. The van der Waals surface area contributed by atoms with Gasteiger partial charge in [-0.3, -0.25) is 0 Å². The molecule has 1 N–H and O–H groups in total. The van der Waals surface area contributed by atoms with E-state index in [-0.39, 0.29) is 0 Å². The second kappa shape index (κ2) is 9.44. The third-order valence-corrected chi connectivity index (χ3v) is 4.11. The number of anilines is 1. The number of hydrogen-bond acceptors (Lipinski definition) is 3. The highest BCUT2D eigenvalue weighted by molar-refractivity contribution is 9.10. The highest BCUT2D eigenvalue weighted by Crippen LogP contribution is 2.30. The second-order valence-electron chi connectivity index (χ2n) is 5.82. The summed E-state index contributed by atoms with van der Waals surface area (Å²) in [6.07, 6.45) is 0. The van der Waals surface area contributed by atoms with Crippen LogP contribution in [0.2, 0.25) is 0 Å². The van der Waals surface area contributed by atoms with Crippen LogP contribution >= 0.6 is 15.9 Å². The molecule has 1 rings (SSSR count). The molecule has 0 heterocycles. The number of benzene rings is 1. The molecule has 0 aliphatic rings. The van der Waals surface area contributed by atoms with E-state index >= 15 is 0 Å². The summed E-state index contributed by atoms with van der Waals surface area (Å²) in [5.74, 6) is 0.620. The minimum Gasteiger partial charge on any atom is -0.383 e. The van der Waals surface area contributed by atoms with Gasteiger partial charge in [0.2, 0.25) is 0 Å². The molecule has 1 aromatic carbocycles. The molecule has 0 bridgehead atoms. The van der Waals surface area contributed by atoms with Crippen molar-refractivity contribution in [3.05, 3.63) is 28.2 Å². The molecule has 0 aliphatic carbocycles. The molecular weight excluding hydrogens is 328 g/mol. The van der Waals surface area contributed by atoms with Crippen LogP contribution in [0.5, 0.6) is 0 Å². The van der Waals surface area contributed by atoms with Gasteiger partial charge in [0.1, 0.15) is 0 Å². The molecule has 0 aromatic heterocycles. The summed E-state index contributed by atoms with van der Waals surface area (Å²) in [5.41, 5.74) is 2.55. The fourth-order valence-corrected chi connectivity index (χ4v) is 3.07. The molecule has 120 valence electrons. The number of halogens is 1. The van der Waals surface area contributed by atoms with Gasteiger partial charge in [-0.25, -0.2) is 0 Å². The molecule has 0 saturated carbocycles. The van der Waals surface area contributed by atoms with E-state index in [1.807, 2.05) is 0 Å². The minimum atomic E-state index is 0.373. The number of ether oxygens (including phenoxy) is 1. The third-order valence-electron chi connectivity index (χ3n) is 3.47. The first kappa shape index (κ1) is 18.5. The molecule has 0 aliphatic heterocycles.